The minimum Gasteiger partial charge on any atom is -0.491 e. The van der Waals surface area contributed by atoms with E-state index in [1.807, 2.05) is 26.0 Å². The second kappa shape index (κ2) is 8.95. The van der Waals surface area contributed by atoms with Crippen molar-refractivity contribution in [3.63, 3.8) is 0 Å². The lowest BCUT2D eigenvalue weighted by atomic mass is 10.1. The maximum Gasteiger partial charge on any atom is 0.119 e. The highest BCUT2D eigenvalue weighted by molar-refractivity contribution is 5.32. The van der Waals surface area contributed by atoms with Crippen LogP contribution in [0.15, 0.2) is 18.2 Å². The number of nitrogens with one attached hydrogen (secondary N) is 1. The summed E-state index contributed by atoms with van der Waals surface area (Å²) in [6, 6.07) is 6.09. The number of aliphatic hydroxyl groups excluding tert-OH is 1. The molecule has 0 bridgehead atoms. The second-order valence-corrected chi connectivity index (χ2v) is 5.39. The van der Waals surface area contributed by atoms with Gasteiger partial charge in [-0.25, -0.2) is 0 Å². The zero-order valence-corrected chi connectivity index (χ0v) is 13.1. The summed E-state index contributed by atoms with van der Waals surface area (Å²) in [5.41, 5.74) is 2.35. The van der Waals surface area contributed by atoms with Gasteiger partial charge in [-0.3, -0.25) is 0 Å². The van der Waals surface area contributed by atoms with Crippen LogP contribution >= 0.6 is 0 Å². The molecule has 1 aromatic carbocycles. The largest absolute Gasteiger partial charge is 0.491 e. The summed E-state index contributed by atoms with van der Waals surface area (Å²) in [6.45, 7) is 10.0. The molecule has 0 spiro atoms. The standard InChI is InChI=1S/C16H28N2O2/c1-5-18(4)7-6-17-11-15(19)12-20-16-9-13(2)8-14(3)10-16/h8-10,15,17,19H,5-7,11-12H2,1-4H3. The SMILES string of the molecule is CCN(C)CCNCC(O)COc1cc(C)cc(C)c1. The molecule has 4 nitrogen and oxygen atoms in total. The summed E-state index contributed by atoms with van der Waals surface area (Å²) in [5, 5.41) is 13.1. The Kier molecular flexibility index (Phi) is 7.59. The lowest BCUT2D eigenvalue weighted by Gasteiger charge is -2.16. The minimum absolute atomic E-state index is 0.319. The van der Waals surface area contributed by atoms with Gasteiger partial charge in [0.25, 0.3) is 0 Å². The number of ether oxygens (including phenoxy) is 1. The van der Waals surface area contributed by atoms with E-state index in [4.69, 9.17) is 4.74 Å². The van der Waals surface area contributed by atoms with Crippen molar-refractivity contribution < 1.29 is 9.84 Å². The average molecular weight is 280 g/mol. The van der Waals surface area contributed by atoms with Crippen molar-refractivity contribution in [3.05, 3.63) is 29.3 Å². The Morgan fingerprint density at radius 1 is 1.25 bits per heavy atom. The van der Waals surface area contributed by atoms with E-state index >= 15 is 0 Å². The highest BCUT2D eigenvalue weighted by Gasteiger charge is 2.05. The van der Waals surface area contributed by atoms with E-state index in [9.17, 15) is 5.11 Å². The van der Waals surface area contributed by atoms with Gasteiger partial charge in [0.2, 0.25) is 0 Å². The molecule has 0 aromatic heterocycles. The quantitative estimate of drug-likeness (QED) is 0.674. The third-order valence-corrected chi connectivity index (χ3v) is 3.23. The van der Waals surface area contributed by atoms with Gasteiger partial charge in [0, 0.05) is 19.6 Å². The van der Waals surface area contributed by atoms with Crippen LogP contribution in [0.25, 0.3) is 0 Å². The van der Waals surface area contributed by atoms with Crippen LogP contribution in [-0.4, -0.2) is 55.9 Å². The maximum atomic E-state index is 9.87. The van der Waals surface area contributed by atoms with Crippen molar-refractivity contribution in [1.82, 2.24) is 10.2 Å². The molecule has 4 heteroatoms. The predicted octanol–water partition coefficient (Wildman–Crippen LogP) is 1.58. The summed E-state index contributed by atoms with van der Waals surface area (Å²) in [6.07, 6.45) is -0.484. The zero-order valence-electron chi connectivity index (χ0n) is 13.1. The number of benzene rings is 1. The molecule has 0 heterocycles. The molecule has 0 saturated carbocycles. The molecule has 0 aliphatic heterocycles. The van der Waals surface area contributed by atoms with Crippen LogP contribution in [0.4, 0.5) is 0 Å². The number of hydrogen-bond donors (Lipinski definition) is 2. The van der Waals surface area contributed by atoms with Crippen molar-refractivity contribution in [3.8, 4) is 5.75 Å². The Bertz CT molecular complexity index is 376. The fourth-order valence-electron chi connectivity index (χ4n) is 1.96. The Balaban J connectivity index is 2.21. The van der Waals surface area contributed by atoms with Gasteiger partial charge >= 0.3 is 0 Å². The van der Waals surface area contributed by atoms with E-state index in [0.717, 1.165) is 25.4 Å². The van der Waals surface area contributed by atoms with Gasteiger partial charge in [-0.05, 0) is 50.7 Å². The topological polar surface area (TPSA) is 44.7 Å². The summed E-state index contributed by atoms with van der Waals surface area (Å²) in [7, 11) is 2.08. The van der Waals surface area contributed by atoms with Crippen LogP contribution in [0.2, 0.25) is 0 Å². The van der Waals surface area contributed by atoms with Crippen molar-refractivity contribution >= 4 is 0 Å². The highest BCUT2D eigenvalue weighted by atomic mass is 16.5. The van der Waals surface area contributed by atoms with Gasteiger partial charge in [0.1, 0.15) is 18.5 Å². The minimum atomic E-state index is -0.484. The van der Waals surface area contributed by atoms with E-state index in [1.165, 1.54) is 11.1 Å². The molecule has 0 saturated heterocycles. The number of likely N-dealkylation sites (N-methyl/N-ethyl adjacent to an activating group) is 1. The van der Waals surface area contributed by atoms with Gasteiger partial charge < -0.3 is 20.1 Å². The summed E-state index contributed by atoms with van der Waals surface area (Å²) < 4.78 is 5.63. The molecule has 2 N–H and O–H groups in total. The third kappa shape index (κ3) is 6.89. The number of hydrogen-bond acceptors (Lipinski definition) is 4. The molecule has 20 heavy (non-hydrogen) atoms. The number of nitrogens with zero attached hydrogens (tertiary/aromatic N) is 1. The van der Waals surface area contributed by atoms with E-state index < -0.39 is 6.10 Å². The predicted molar refractivity (Wildman–Crippen MR) is 83.5 cm³/mol. The Hall–Kier alpha value is -1.10. The lowest BCUT2D eigenvalue weighted by Crippen LogP contribution is -2.36. The Morgan fingerprint density at radius 2 is 1.90 bits per heavy atom. The number of aliphatic hydroxyl groups is 1. The molecule has 0 fully saturated rings. The molecule has 1 rings (SSSR count). The average Bonchev–Trinajstić information content (AvgIpc) is 2.40. The molecule has 1 atom stereocenters. The monoisotopic (exact) mass is 280 g/mol. The first-order chi connectivity index (χ1) is 9.51. The van der Waals surface area contributed by atoms with Crippen LogP contribution in [0.1, 0.15) is 18.1 Å². The molecule has 1 aromatic rings. The van der Waals surface area contributed by atoms with E-state index in [0.29, 0.717) is 13.2 Å². The van der Waals surface area contributed by atoms with Crippen molar-refractivity contribution in [2.75, 3.05) is 39.8 Å². The molecule has 1 unspecified atom stereocenters. The smallest absolute Gasteiger partial charge is 0.119 e. The van der Waals surface area contributed by atoms with E-state index in [1.54, 1.807) is 0 Å². The van der Waals surface area contributed by atoms with Crippen molar-refractivity contribution in [2.24, 2.45) is 0 Å². The molecule has 0 aliphatic rings. The molecular formula is C16H28N2O2. The number of rotatable bonds is 9. The fraction of sp³-hybridized carbons (Fsp3) is 0.625. The summed E-state index contributed by atoms with van der Waals surface area (Å²) in [4.78, 5) is 2.23. The van der Waals surface area contributed by atoms with Crippen molar-refractivity contribution in [2.45, 2.75) is 26.9 Å². The van der Waals surface area contributed by atoms with Crippen LogP contribution in [-0.2, 0) is 0 Å². The maximum absolute atomic E-state index is 9.87. The fourth-order valence-corrected chi connectivity index (χ4v) is 1.96. The van der Waals surface area contributed by atoms with E-state index in [2.05, 4.69) is 30.3 Å². The van der Waals surface area contributed by atoms with Gasteiger partial charge in [0.15, 0.2) is 0 Å². The first-order valence-corrected chi connectivity index (χ1v) is 7.29. The van der Waals surface area contributed by atoms with Crippen LogP contribution in [0, 0.1) is 13.8 Å². The van der Waals surface area contributed by atoms with Crippen LogP contribution in [0.3, 0.4) is 0 Å². The van der Waals surface area contributed by atoms with Crippen molar-refractivity contribution in [1.29, 1.82) is 0 Å². The first kappa shape index (κ1) is 17.0. The molecular weight excluding hydrogens is 252 g/mol. The zero-order chi connectivity index (χ0) is 15.0. The molecule has 0 amide bonds. The lowest BCUT2D eigenvalue weighted by molar-refractivity contribution is 0.106. The van der Waals surface area contributed by atoms with Crippen LogP contribution in [0.5, 0.6) is 5.75 Å². The first-order valence-electron chi connectivity index (χ1n) is 7.29. The highest BCUT2D eigenvalue weighted by Crippen LogP contribution is 2.16. The second-order valence-electron chi connectivity index (χ2n) is 5.39. The van der Waals surface area contributed by atoms with Gasteiger partial charge in [-0.15, -0.1) is 0 Å². The third-order valence-electron chi connectivity index (χ3n) is 3.23. The van der Waals surface area contributed by atoms with Gasteiger partial charge in [-0.1, -0.05) is 13.0 Å². The summed E-state index contributed by atoms with van der Waals surface area (Å²) in [5.74, 6) is 0.826. The Morgan fingerprint density at radius 3 is 2.50 bits per heavy atom. The Labute approximate surface area is 122 Å². The van der Waals surface area contributed by atoms with Gasteiger partial charge in [-0.2, -0.15) is 0 Å². The number of aryl methyl sites for hydroxylation is 2. The van der Waals surface area contributed by atoms with Crippen LogP contribution < -0.4 is 10.1 Å². The molecule has 0 radical (unpaired) electrons. The van der Waals surface area contributed by atoms with E-state index in [-0.39, 0.29) is 0 Å². The molecule has 114 valence electrons. The van der Waals surface area contributed by atoms with Gasteiger partial charge in [0.05, 0.1) is 0 Å². The molecule has 0 aliphatic carbocycles. The normalized spacial score (nSPS) is 12.7. The summed E-state index contributed by atoms with van der Waals surface area (Å²) >= 11 is 0.